The average Bonchev–Trinajstić information content (AvgIpc) is 3.03. The zero-order valence-electron chi connectivity index (χ0n) is 16.6. The minimum atomic E-state index is -0.363. The first kappa shape index (κ1) is 19.8. The van der Waals surface area contributed by atoms with Gasteiger partial charge in [0.15, 0.2) is 5.65 Å². The molecule has 0 radical (unpaired) electrons. The molecule has 4 rings (SSSR count). The number of rotatable bonds is 7. The van der Waals surface area contributed by atoms with Gasteiger partial charge < -0.3 is 15.8 Å². The topological polar surface area (TPSA) is 95.1 Å². The molecule has 0 aliphatic carbocycles. The van der Waals surface area contributed by atoms with Gasteiger partial charge in [-0.15, -0.1) is 0 Å². The number of nitrogens with zero attached hydrogens (tertiary/aromatic N) is 3. The zero-order chi connectivity index (χ0) is 21.1. The third kappa shape index (κ3) is 3.69. The molecule has 8 heteroatoms. The minimum absolute atomic E-state index is 0.203. The number of halogens is 1. The number of carbonyl (C=O) groups is 1. The molecule has 2 aromatic carbocycles. The van der Waals surface area contributed by atoms with E-state index in [0.29, 0.717) is 54.1 Å². The number of nitrogens with two attached hydrogens (primary N) is 1. The van der Waals surface area contributed by atoms with Crippen LogP contribution in [0.2, 0.25) is 0 Å². The van der Waals surface area contributed by atoms with Gasteiger partial charge in [0.1, 0.15) is 22.7 Å². The zero-order valence-corrected chi connectivity index (χ0v) is 16.6. The van der Waals surface area contributed by atoms with Crippen LogP contribution in [0.5, 0.6) is 0 Å². The average molecular weight is 407 g/mol. The molecule has 0 saturated carbocycles. The Morgan fingerprint density at radius 3 is 2.53 bits per heavy atom. The van der Waals surface area contributed by atoms with Gasteiger partial charge in [-0.2, -0.15) is 0 Å². The van der Waals surface area contributed by atoms with E-state index in [1.165, 1.54) is 12.1 Å². The van der Waals surface area contributed by atoms with Crippen LogP contribution < -0.4 is 11.1 Å². The van der Waals surface area contributed by atoms with E-state index in [2.05, 4.69) is 15.3 Å². The maximum absolute atomic E-state index is 13.4. The van der Waals surface area contributed by atoms with Crippen molar-refractivity contribution in [1.29, 1.82) is 0 Å². The smallest absolute Gasteiger partial charge is 0.257 e. The van der Waals surface area contributed by atoms with Crippen LogP contribution in [0.15, 0.2) is 48.5 Å². The third-order valence-corrected chi connectivity index (χ3v) is 4.76. The summed E-state index contributed by atoms with van der Waals surface area (Å²) in [5.74, 6) is -0.494. The largest absolute Gasteiger partial charge is 0.384 e. The second kappa shape index (κ2) is 8.46. The molecule has 1 amide bonds. The van der Waals surface area contributed by atoms with Crippen molar-refractivity contribution < 1.29 is 13.9 Å². The molecule has 0 aliphatic heterocycles. The molecular formula is C22H22FN5O2. The number of amides is 1. The van der Waals surface area contributed by atoms with Crippen LogP contribution in [0.4, 0.5) is 10.2 Å². The van der Waals surface area contributed by atoms with E-state index in [9.17, 15) is 9.18 Å². The van der Waals surface area contributed by atoms with Crippen molar-refractivity contribution in [3.8, 4) is 5.69 Å². The molecule has 4 aromatic rings. The lowest BCUT2D eigenvalue weighted by atomic mass is 10.2. The predicted octanol–water partition coefficient (Wildman–Crippen LogP) is 3.45. The van der Waals surface area contributed by atoms with Crippen molar-refractivity contribution in [2.45, 2.75) is 13.3 Å². The van der Waals surface area contributed by atoms with E-state index >= 15 is 0 Å². The molecule has 2 heterocycles. The van der Waals surface area contributed by atoms with Crippen LogP contribution in [-0.2, 0) is 4.74 Å². The number of ether oxygens (including phenoxy) is 1. The minimum Gasteiger partial charge on any atom is -0.384 e. The highest BCUT2D eigenvalue weighted by atomic mass is 19.1. The maximum atomic E-state index is 13.4. The van der Waals surface area contributed by atoms with E-state index in [1.807, 2.05) is 31.2 Å². The highest BCUT2D eigenvalue weighted by Gasteiger charge is 2.24. The summed E-state index contributed by atoms with van der Waals surface area (Å²) in [5, 5.41) is 2.87. The van der Waals surface area contributed by atoms with Crippen molar-refractivity contribution in [1.82, 2.24) is 19.9 Å². The van der Waals surface area contributed by atoms with E-state index in [0.717, 1.165) is 0 Å². The molecule has 2 aromatic heterocycles. The summed E-state index contributed by atoms with van der Waals surface area (Å²) in [6.45, 7) is 3.57. The van der Waals surface area contributed by atoms with Crippen molar-refractivity contribution in [3.05, 3.63) is 59.9 Å². The van der Waals surface area contributed by atoms with Crippen molar-refractivity contribution in [2.24, 2.45) is 0 Å². The van der Waals surface area contributed by atoms with Crippen LogP contribution in [0, 0.1) is 5.82 Å². The Hall–Kier alpha value is -3.52. The summed E-state index contributed by atoms with van der Waals surface area (Å²) in [4.78, 5) is 22.3. The predicted molar refractivity (Wildman–Crippen MR) is 114 cm³/mol. The van der Waals surface area contributed by atoms with Crippen LogP contribution >= 0.6 is 0 Å². The Morgan fingerprint density at radius 1 is 1.13 bits per heavy atom. The fourth-order valence-electron chi connectivity index (χ4n) is 3.35. The second-order valence-corrected chi connectivity index (χ2v) is 6.76. The molecule has 30 heavy (non-hydrogen) atoms. The van der Waals surface area contributed by atoms with E-state index < -0.39 is 0 Å². The standard InChI is InChI=1S/C22H22FN5O2/c1-2-30-13-5-12-25-22(29)18-19-21(27-17-7-4-3-6-16(17)26-19)28(20(18)24)15-10-8-14(23)9-11-15/h3-4,6-11H,2,5,12-13,24H2,1H3,(H,25,29). The van der Waals surface area contributed by atoms with Gasteiger partial charge >= 0.3 is 0 Å². The fourth-order valence-corrected chi connectivity index (χ4v) is 3.35. The van der Waals surface area contributed by atoms with Gasteiger partial charge in [-0.25, -0.2) is 14.4 Å². The molecule has 0 bridgehead atoms. The number of fused-ring (bicyclic) bond motifs is 2. The number of para-hydroxylation sites is 2. The van der Waals surface area contributed by atoms with E-state index in [4.69, 9.17) is 10.5 Å². The first-order chi connectivity index (χ1) is 14.6. The molecule has 3 N–H and O–H groups in total. The Labute approximate surface area is 172 Å². The molecule has 0 spiro atoms. The Kier molecular flexibility index (Phi) is 5.58. The first-order valence-electron chi connectivity index (χ1n) is 9.78. The SMILES string of the molecule is CCOCCCNC(=O)c1c(N)n(-c2ccc(F)cc2)c2nc3ccccc3nc12. The molecule has 7 nitrogen and oxygen atoms in total. The number of aromatic nitrogens is 3. The van der Waals surface area contributed by atoms with Crippen LogP contribution in [0.25, 0.3) is 27.9 Å². The van der Waals surface area contributed by atoms with Gasteiger partial charge in [-0.1, -0.05) is 12.1 Å². The Balaban J connectivity index is 1.82. The van der Waals surface area contributed by atoms with E-state index in [-0.39, 0.29) is 23.1 Å². The van der Waals surface area contributed by atoms with Crippen LogP contribution in [0.1, 0.15) is 23.7 Å². The van der Waals surface area contributed by atoms with Gasteiger partial charge in [-0.3, -0.25) is 9.36 Å². The van der Waals surface area contributed by atoms with Crippen molar-refractivity contribution in [2.75, 3.05) is 25.5 Å². The summed E-state index contributed by atoms with van der Waals surface area (Å²) in [6.07, 6.45) is 0.685. The summed E-state index contributed by atoms with van der Waals surface area (Å²) < 4.78 is 20.4. The maximum Gasteiger partial charge on any atom is 0.257 e. The third-order valence-electron chi connectivity index (χ3n) is 4.76. The van der Waals surface area contributed by atoms with Gasteiger partial charge in [0.25, 0.3) is 5.91 Å². The number of hydrogen-bond acceptors (Lipinski definition) is 5. The first-order valence-corrected chi connectivity index (χ1v) is 9.78. The molecule has 0 fully saturated rings. The molecule has 154 valence electrons. The molecule has 0 saturated heterocycles. The summed E-state index contributed by atoms with van der Waals surface area (Å²) in [6, 6.07) is 13.2. The lowest BCUT2D eigenvalue weighted by Gasteiger charge is -2.08. The fraction of sp³-hybridized carbons (Fsp3) is 0.227. The second-order valence-electron chi connectivity index (χ2n) is 6.76. The lowest BCUT2D eigenvalue weighted by molar-refractivity contribution is 0.0946. The van der Waals surface area contributed by atoms with Crippen LogP contribution in [0.3, 0.4) is 0 Å². The van der Waals surface area contributed by atoms with Crippen LogP contribution in [-0.4, -0.2) is 40.2 Å². The van der Waals surface area contributed by atoms with E-state index in [1.54, 1.807) is 16.7 Å². The number of nitrogen functional groups attached to an aromatic ring is 1. The molecule has 0 unspecified atom stereocenters. The number of benzene rings is 2. The van der Waals surface area contributed by atoms with Gasteiger partial charge in [0.2, 0.25) is 0 Å². The highest BCUT2D eigenvalue weighted by Crippen LogP contribution is 2.31. The Morgan fingerprint density at radius 2 is 1.83 bits per heavy atom. The van der Waals surface area contributed by atoms with Gasteiger partial charge in [0.05, 0.1) is 11.0 Å². The normalized spacial score (nSPS) is 11.3. The number of anilines is 1. The number of nitrogens with one attached hydrogen (secondary N) is 1. The number of hydrogen-bond donors (Lipinski definition) is 2. The number of carbonyl (C=O) groups excluding carboxylic acids is 1. The summed E-state index contributed by atoms with van der Waals surface area (Å²) in [5.41, 5.74) is 9.43. The molecule has 0 aliphatic rings. The monoisotopic (exact) mass is 407 g/mol. The quantitative estimate of drug-likeness (QED) is 0.458. The molecular weight excluding hydrogens is 385 g/mol. The van der Waals surface area contributed by atoms with Crippen molar-refractivity contribution in [3.63, 3.8) is 0 Å². The Bertz CT molecular complexity index is 1200. The molecule has 0 atom stereocenters. The lowest BCUT2D eigenvalue weighted by Crippen LogP contribution is -2.26. The van der Waals surface area contributed by atoms with Gasteiger partial charge in [0, 0.05) is 25.4 Å². The van der Waals surface area contributed by atoms with Gasteiger partial charge in [-0.05, 0) is 49.7 Å². The van der Waals surface area contributed by atoms with Crippen molar-refractivity contribution >= 4 is 33.9 Å². The highest BCUT2D eigenvalue weighted by molar-refractivity contribution is 6.11. The summed E-state index contributed by atoms with van der Waals surface area (Å²) in [7, 11) is 0. The summed E-state index contributed by atoms with van der Waals surface area (Å²) >= 11 is 0.